The lowest BCUT2D eigenvalue weighted by molar-refractivity contribution is -0.899. The van der Waals surface area contributed by atoms with Gasteiger partial charge in [0.2, 0.25) is 0 Å². The van der Waals surface area contributed by atoms with Gasteiger partial charge in [-0.1, -0.05) is 23.8 Å². The minimum absolute atomic E-state index is 0.0886. The second-order valence-electron chi connectivity index (χ2n) is 7.51. The first-order chi connectivity index (χ1) is 26.1. The first-order valence-corrected chi connectivity index (χ1v) is 13.3. The summed E-state index contributed by atoms with van der Waals surface area (Å²) in [5.74, 6) is -1.03. The number of carbonyl (C=O) groups excluding carboxylic acids is 1. The number of rotatable bonds is 27. The zero-order chi connectivity index (χ0) is 40.7. The van der Waals surface area contributed by atoms with Crippen molar-refractivity contribution in [1.82, 2.24) is 0 Å². The van der Waals surface area contributed by atoms with Crippen LogP contribution in [0.5, 0.6) is 23.0 Å². The van der Waals surface area contributed by atoms with E-state index in [1.807, 2.05) is 13.8 Å². The molecule has 0 aromatic heterocycles. The lowest BCUT2D eigenvalue weighted by Crippen LogP contribution is -2.05. The van der Waals surface area contributed by atoms with Gasteiger partial charge in [0.25, 0.3) is 0 Å². The molecule has 0 amide bonds. The summed E-state index contributed by atoms with van der Waals surface area (Å²) in [6.45, 7) is 10.6. The molecular weight excluding hydrogens is 772 g/mol. The van der Waals surface area contributed by atoms with E-state index < -0.39 is 5.97 Å². The Morgan fingerprint density at radius 3 is 1.17 bits per heavy atom. The SMILES string of the molecule is CC=C(C)C.CCOc1cccc(C(=O)O)c1O.CCOc1cccc(C=O)c1O.OOOOOOOOOOOOOOOOOOOOOOOO. The number of aromatic hydroxyl groups is 2. The number of para-hydroxylation sites is 2. The Morgan fingerprint density at radius 2 is 0.889 bits per heavy atom. The molecule has 0 saturated heterocycles. The highest BCUT2D eigenvalue weighted by Crippen LogP contribution is 2.29. The van der Waals surface area contributed by atoms with Crippen LogP contribution < -0.4 is 9.47 Å². The number of phenols is 2. The monoisotopic (exact) mass is 804 g/mol. The average molecular weight is 804 g/mol. The highest BCUT2D eigenvalue weighted by atomic mass is 18.0. The van der Waals surface area contributed by atoms with Crippen LogP contribution in [0, 0.1) is 0 Å². The molecule has 310 valence electrons. The summed E-state index contributed by atoms with van der Waals surface area (Å²) in [5.41, 5.74) is 1.48. The summed E-state index contributed by atoms with van der Waals surface area (Å²) in [6, 6.07) is 9.17. The van der Waals surface area contributed by atoms with Crippen molar-refractivity contribution in [3.05, 3.63) is 59.2 Å². The van der Waals surface area contributed by atoms with Gasteiger partial charge in [-0.2, -0.15) is 0 Å². The number of allylic oxidation sites excluding steroid dienone is 2. The molecule has 2 aromatic rings. The van der Waals surface area contributed by atoms with Crippen LogP contribution in [0.15, 0.2) is 48.0 Å². The summed E-state index contributed by atoms with van der Waals surface area (Å²) in [6.07, 6.45) is 2.68. The third-order valence-corrected chi connectivity index (χ3v) is 4.15. The van der Waals surface area contributed by atoms with Crippen LogP contribution in [-0.2, 0) is 111 Å². The molecule has 0 bridgehead atoms. The van der Waals surface area contributed by atoms with Crippen molar-refractivity contribution >= 4 is 12.3 Å². The molecule has 0 saturated carbocycles. The molecule has 5 N–H and O–H groups in total. The van der Waals surface area contributed by atoms with Crippen LogP contribution in [0.25, 0.3) is 0 Å². The topological polar surface area (TPSA) is 357 Å². The molecule has 2 aromatic carbocycles. The molecular formula is C23H32O31. The van der Waals surface area contributed by atoms with Gasteiger partial charge in [-0.3, -0.25) is 4.79 Å². The Balaban J connectivity index is 0. The van der Waals surface area contributed by atoms with E-state index in [2.05, 4.69) is 131 Å². The smallest absolute Gasteiger partial charge is 0.339 e. The Bertz CT molecular complexity index is 1190. The zero-order valence-electron chi connectivity index (χ0n) is 27.9. The van der Waals surface area contributed by atoms with Crippen LogP contribution in [0.1, 0.15) is 55.3 Å². The third-order valence-electron chi connectivity index (χ3n) is 4.15. The fourth-order valence-corrected chi connectivity index (χ4v) is 2.10. The van der Waals surface area contributed by atoms with E-state index in [4.69, 9.17) is 25.1 Å². The number of carboxylic acids is 1. The predicted octanol–water partition coefficient (Wildman–Crippen LogP) is 3.58. The van der Waals surface area contributed by atoms with E-state index in [0.717, 1.165) is 0 Å². The number of hydrogen-bond donors (Lipinski definition) is 5. The van der Waals surface area contributed by atoms with Crippen molar-refractivity contribution in [2.45, 2.75) is 34.6 Å². The quantitative estimate of drug-likeness (QED) is 0.0283. The molecule has 0 radical (unpaired) electrons. The molecule has 2 rings (SSSR count). The van der Waals surface area contributed by atoms with Gasteiger partial charge < -0.3 is 24.8 Å². The van der Waals surface area contributed by atoms with Gasteiger partial charge in [-0.05, 0) is 139 Å². The van der Waals surface area contributed by atoms with Crippen LogP contribution >= 0.6 is 0 Å². The molecule has 0 aliphatic rings. The van der Waals surface area contributed by atoms with Gasteiger partial charge in [-0.25, -0.2) is 15.3 Å². The van der Waals surface area contributed by atoms with Gasteiger partial charge in [0.15, 0.2) is 29.3 Å². The zero-order valence-corrected chi connectivity index (χ0v) is 27.9. The number of hydrogen-bond acceptors (Lipinski definition) is 30. The number of carbonyl (C=O) groups is 2. The molecule has 31 heteroatoms. The molecule has 0 unspecified atom stereocenters. The lowest BCUT2D eigenvalue weighted by Gasteiger charge is -2.06. The molecule has 0 aliphatic heterocycles. The molecule has 31 nitrogen and oxygen atoms in total. The summed E-state index contributed by atoms with van der Waals surface area (Å²) in [4.78, 5) is 20.9. The Labute approximate surface area is 298 Å². The molecule has 0 fully saturated rings. The fraction of sp³-hybridized carbons (Fsp3) is 0.304. The maximum Gasteiger partial charge on any atom is 0.339 e. The Hall–Kier alpha value is -4.44. The first kappa shape index (κ1) is 51.7. The van der Waals surface area contributed by atoms with Gasteiger partial charge >= 0.3 is 5.97 Å². The van der Waals surface area contributed by atoms with Crippen LogP contribution in [0.4, 0.5) is 0 Å². The predicted molar refractivity (Wildman–Crippen MR) is 145 cm³/mol. The molecule has 54 heavy (non-hydrogen) atoms. The first-order valence-electron chi connectivity index (χ1n) is 13.3. The number of benzene rings is 2. The van der Waals surface area contributed by atoms with Crippen molar-refractivity contribution < 1.29 is 156 Å². The van der Waals surface area contributed by atoms with E-state index in [1.54, 1.807) is 19.1 Å². The Morgan fingerprint density at radius 1 is 0.574 bits per heavy atom. The highest BCUT2D eigenvalue weighted by molar-refractivity contribution is 5.91. The molecule has 0 atom stereocenters. The summed E-state index contributed by atoms with van der Waals surface area (Å²) < 4.78 is 10.1. The van der Waals surface area contributed by atoms with E-state index >= 15 is 0 Å². The maximum absolute atomic E-state index is 10.6. The summed E-state index contributed by atoms with van der Waals surface area (Å²) in [5, 5.41) is 116. The fourth-order valence-electron chi connectivity index (χ4n) is 2.10. The molecule has 0 heterocycles. The lowest BCUT2D eigenvalue weighted by atomic mass is 10.2. The number of aldehydes is 1. The maximum atomic E-state index is 10.6. The van der Waals surface area contributed by atoms with Gasteiger partial charge in [0, 0.05) is 30.2 Å². The standard InChI is InChI=1S/C9H10O4.C9H10O3.C5H10.H2O24/c1-2-13-7-5-3-4-6(8(7)10)9(11)12;1-2-12-8-5-3-4-7(6-10)9(8)11;1-4-5(2)3;1-3-5-7-9-11-13-15-17-19-21-23-24-22-20-18-16-14-12-10-8-6-4-2/h3-5,10H,2H2,1H3,(H,11,12);3-6,11H,2H2,1H3;4H,1-3H3;1-2H. The highest BCUT2D eigenvalue weighted by Gasteiger charge is 2.13. The normalized spacial score (nSPS) is 10.1. The Kier molecular flexibility index (Phi) is 36.6. The van der Waals surface area contributed by atoms with Crippen LogP contribution in [0.3, 0.4) is 0 Å². The van der Waals surface area contributed by atoms with Crippen molar-refractivity contribution in [2.75, 3.05) is 13.2 Å². The number of aromatic carboxylic acids is 1. The van der Waals surface area contributed by atoms with Gasteiger partial charge in [-0.15, -0.1) is 0 Å². The van der Waals surface area contributed by atoms with Crippen molar-refractivity contribution in [3.8, 4) is 23.0 Å². The number of ether oxygens (including phenoxy) is 2. The van der Waals surface area contributed by atoms with E-state index in [9.17, 15) is 19.8 Å². The summed E-state index contributed by atoms with van der Waals surface area (Å²) in [7, 11) is 0. The third kappa shape index (κ3) is 30.1. The minimum Gasteiger partial charge on any atom is -0.504 e. The van der Waals surface area contributed by atoms with E-state index in [1.165, 1.54) is 29.8 Å². The van der Waals surface area contributed by atoms with Crippen molar-refractivity contribution in [2.24, 2.45) is 0 Å². The minimum atomic E-state index is -1.17. The van der Waals surface area contributed by atoms with Gasteiger partial charge in [0.05, 0.1) is 18.8 Å². The molecule has 0 aliphatic carbocycles. The second kappa shape index (κ2) is 38.3. The summed E-state index contributed by atoms with van der Waals surface area (Å²) >= 11 is 0. The number of carboxylic acid groups (broad SMARTS) is 1. The van der Waals surface area contributed by atoms with Crippen molar-refractivity contribution in [3.63, 3.8) is 0 Å². The average Bonchev–Trinajstić information content (AvgIpc) is 3.16. The molecule has 0 spiro atoms. The van der Waals surface area contributed by atoms with E-state index in [-0.39, 0.29) is 28.4 Å². The van der Waals surface area contributed by atoms with Crippen LogP contribution in [-0.4, -0.2) is 51.3 Å². The second-order valence-corrected chi connectivity index (χ2v) is 7.51. The van der Waals surface area contributed by atoms with Crippen LogP contribution in [0.2, 0.25) is 0 Å². The van der Waals surface area contributed by atoms with Crippen molar-refractivity contribution in [1.29, 1.82) is 0 Å². The largest absolute Gasteiger partial charge is 0.504 e. The van der Waals surface area contributed by atoms with E-state index in [0.29, 0.717) is 25.2 Å². The van der Waals surface area contributed by atoms with Gasteiger partial charge in [0.1, 0.15) is 5.56 Å². The number of phenolic OH excluding ortho intramolecular Hbond substituents is 1.